The highest BCUT2D eigenvalue weighted by molar-refractivity contribution is 5.90. The Balaban J connectivity index is 2.75. The van der Waals surface area contributed by atoms with E-state index in [1.807, 2.05) is 6.07 Å². The van der Waals surface area contributed by atoms with E-state index in [1.165, 1.54) is 0 Å². The number of hydrogen-bond donors (Lipinski definition) is 0. The molecule has 17 heavy (non-hydrogen) atoms. The maximum Gasteiger partial charge on any atom is 0.278 e. The summed E-state index contributed by atoms with van der Waals surface area (Å²) < 4.78 is 0. The molecule has 0 spiro atoms. The Morgan fingerprint density at radius 3 is 2.82 bits per heavy atom. The smallest absolute Gasteiger partial charge is 0.258 e. The molecule has 0 aliphatic carbocycles. The molecule has 2 rings (SSSR count). The highest BCUT2D eigenvalue weighted by Crippen LogP contribution is 2.31. The zero-order chi connectivity index (χ0) is 12.4. The second kappa shape index (κ2) is 4.49. The fraction of sp³-hybridized carbons (Fsp3) is 0.308. The summed E-state index contributed by atoms with van der Waals surface area (Å²) in [7, 11) is 0. The van der Waals surface area contributed by atoms with Crippen molar-refractivity contribution in [3.8, 4) is 0 Å². The monoisotopic (exact) mass is 230 g/mol. The number of fused-ring (bicyclic) bond motifs is 1. The maximum atomic E-state index is 10.9. The lowest BCUT2D eigenvalue weighted by Gasteiger charge is -2.11. The van der Waals surface area contributed by atoms with Crippen LogP contribution in [0.15, 0.2) is 30.5 Å². The van der Waals surface area contributed by atoms with Gasteiger partial charge in [0.2, 0.25) is 0 Å². The van der Waals surface area contributed by atoms with Gasteiger partial charge in [0.15, 0.2) is 0 Å². The van der Waals surface area contributed by atoms with Gasteiger partial charge in [0, 0.05) is 12.3 Å². The standard InChI is InChI=1S/C13H14N2O2/c1-3-9(2)10-6-7-12(15(16)17)11-5-4-8-14-13(10)11/h4-9H,3H2,1-2H3. The molecule has 88 valence electrons. The second-order valence-electron chi connectivity index (χ2n) is 4.14. The molecule has 0 aliphatic rings. The molecular weight excluding hydrogens is 216 g/mol. The molecule has 1 aromatic heterocycles. The average Bonchev–Trinajstić information content (AvgIpc) is 2.36. The molecular formula is C13H14N2O2. The van der Waals surface area contributed by atoms with Gasteiger partial charge in [0.05, 0.1) is 15.8 Å². The van der Waals surface area contributed by atoms with Gasteiger partial charge < -0.3 is 0 Å². The van der Waals surface area contributed by atoms with E-state index >= 15 is 0 Å². The Morgan fingerprint density at radius 2 is 2.18 bits per heavy atom. The molecule has 0 aliphatic heterocycles. The first-order valence-corrected chi connectivity index (χ1v) is 5.67. The third-order valence-electron chi connectivity index (χ3n) is 3.12. The van der Waals surface area contributed by atoms with Crippen LogP contribution in [0.3, 0.4) is 0 Å². The van der Waals surface area contributed by atoms with E-state index in [0.717, 1.165) is 17.5 Å². The predicted molar refractivity (Wildman–Crippen MR) is 67.1 cm³/mol. The summed E-state index contributed by atoms with van der Waals surface area (Å²) in [5, 5.41) is 11.6. The zero-order valence-electron chi connectivity index (χ0n) is 9.88. The Hall–Kier alpha value is -1.97. The molecule has 2 aromatic rings. The molecule has 4 heteroatoms. The van der Waals surface area contributed by atoms with Crippen LogP contribution in [-0.4, -0.2) is 9.91 Å². The van der Waals surface area contributed by atoms with Crippen molar-refractivity contribution in [1.82, 2.24) is 4.98 Å². The Labute approximate surface area is 99.4 Å². The highest BCUT2D eigenvalue weighted by Gasteiger charge is 2.16. The molecule has 4 nitrogen and oxygen atoms in total. The van der Waals surface area contributed by atoms with Gasteiger partial charge >= 0.3 is 0 Å². The number of benzene rings is 1. The molecule has 1 heterocycles. The van der Waals surface area contributed by atoms with E-state index in [0.29, 0.717) is 11.3 Å². The van der Waals surface area contributed by atoms with Crippen LogP contribution in [0.5, 0.6) is 0 Å². The zero-order valence-corrected chi connectivity index (χ0v) is 9.88. The summed E-state index contributed by atoms with van der Waals surface area (Å²) in [6.45, 7) is 4.20. The minimum Gasteiger partial charge on any atom is -0.258 e. The van der Waals surface area contributed by atoms with Gasteiger partial charge in [-0.05, 0) is 36.1 Å². The number of nitro groups is 1. The van der Waals surface area contributed by atoms with Crippen molar-refractivity contribution < 1.29 is 4.92 Å². The van der Waals surface area contributed by atoms with Gasteiger partial charge in [-0.1, -0.05) is 13.8 Å². The fourth-order valence-corrected chi connectivity index (χ4v) is 1.96. The van der Waals surface area contributed by atoms with Crippen LogP contribution in [0.2, 0.25) is 0 Å². The third kappa shape index (κ3) is 1.98. The van der Waals surface area contributed by atoms with Crippen molar-refractivity contribution in [2.24, 2.45) is 0 Å². The van der Waals surface area contributed by atoms with Gasteiger partial charge in [-0.3, -0.25) is 15.1 Å². The number of aromatic nitrogens is 1. The van der Waals surface area contributed by atoms with E-state index in [2.05, 4.69) is 18.8 Å². The van der Waals surface area contributed by atoms with Crippen molar-refractivity contribution in [2.75, 3.05) is 0 Å². The predicted octanol–water partition coefficient (Wildman–Crippen LogP) is 3.66. The summed E-state index contributed by atoms with van der Waals surface area (Å²) in [4.78, 5) is 14.9. The first kappa shape index (κ1) is 11.5. The van der Waals surface area contributed by atoms with Gasteiger partial charge in [-0.2, -0.15) is 0 Å². The number of non-ortho nitro benzene ring substituents is 1. The van der Waals surface area contributed by atoms with Crippen LogP contribution in [0.1, 0.15) is 31.7 Å². The lowest BCUT2D eigenvalue weighted by atomic mass is 9.95. The van der Waals surface area contributed by atoms with E-state index in [4.69, 9.17) is 0 Å². The van der Waals surface area contributed by atoms with Crippen LogP contribution < -0.4 is 0 Å². The first-order valence-electron chi connectivity index (χ1n) is 5.67. The molecule has 1 atom stereocenters. The van der Waals surface area contributed by atoms with E-state index in [-0.39, 0.29) is 10.6 Å². The molecule has 0 bridgehead atoms. The van der Waals surface area contributed by atoms with Crippen LogP contribution in [0.4, 0.5) is 5.69 Å². The van der Waals surface area contributed by atoms with E-state index in [9.17, 15) is 10.1 Å². The lowest BCUT2D eigenvalue weighted by molar-refractivity contribution is -0.383. The SMILES string of the molecule is CCC(C)c1ccc([N+](=O)[O-])c2cccnc12. The molecule has 0 N–H and O–H groups in total. The largest absolute Gasteiger partial charge is 0.278 e. The third-order valence-corrected chi connectivity index (χ3v) is 3.12. The number of nitrogens with zero attached hydrogens (tertiary/aromatic N) is 2. The molecule has 1 unspecified atom stereocenters. The second-order valence-corrected chi connectivity index (χ2v) is 4.14. The van der Waals surface area contributed by atoms with Crippen molar-refractivity contribution in [2.45, 2.75) is 26.2 Å². The quantitative estimate of drug-likeness (QED) is 0.597. The number of nitro benzene ring substituents is 1. The van der Waals surface area contributed by atoms with Crippen LogP contribution >= 0.6 is 0 Å². The number of hydrogen-bond acceptors (Lipinski definition) is 3. The van der Waals surface area contributed by atoms with Crippen LogP contribution in [-0.2, 0) is 0 Å². The topological polar surface area (TPSA) is 56.0 Å². The highest BCUT2D eigenvalue weighted by atomic mass is 16.6. The summed E-state index contributed by atoms with van der Waals surface area (Å²) >= 11 is 0. The lowest BCUT2D eigenvalue weighted by Crippen LogP contribution is -1.97. The molecule has 1 aromatic carbocycles. The maximum absolute atomic E-state index is 10.9. The minimum absolute atomic E-state index is 0.125. The molecule has 0 radical (unpaired) electrons. The van der Waals surface area contributed by atoms with Gasteiger partial charge in [0.1, 0.15) is 0 Å². The van der Waals surface area contributed by atoms with Crippen molar-refractivity contribution in [3.05, 3.63) is 46.1 Å². The van der Waals surface area contributed by atoms with E-state index < -0.39 is 0 Å². The number of rotatable bonds is 3. The summed E-state index contributed by atoms with van der Waals surface area (Å²) in [5.74, 6) is 0.355. The Morgan fingerprint density at radius 1 is 1.41 bits per heavy atom. The molecule has 0 amide bonds. The molecule has 0 fully saturated rings. The number of pyridine rings is 1. The average molecular weight is 230 g/mol. The van der Waals surface area contributed by atoms with Crippen molar-refractivity contribution in [1.29, 1.82) is 0 Å². The first-order chi connectivity index (χ1) is 8.15. The van der Waals surface area contributed by atoms with Gasteiger partial charge in [0.25, 0.3) is 5.69 Å². The van der Waals surface area contributed by atoms with Crippen molar-refractivity contribution >= 4 is 16.6 Å². The van der Waals surface area contributed by atoms with Crippen LogP contribution in [0, 0.1) is 10.1 Å². The van der Waals surface area contributed by atoms with Gasteiger partial charge in [-0.15, -0.1) is 0 Å². The molecule has 0 saturated carbocycles. The molecule has 0 saturated heterocycles. The van der Waals surface area contributed by atoms with E-state index in [1.54, 1.807) is 24.4 Å². The minimum atomic E-state index is -0.357. The van der Waals surface area contributed by atoms with Crippen LogP contribution in [0.25, 0.3) is 10.9 Å². The Bertz CT molecular complexity index is 566. The summed E-state index contributed by atoms with van der Waals surface area (Å²) in [5.41, 5.74) is 1.95. The summed E-state index contributed by atoms with van der Waals surface area (Å²) in [6.07, 6.45) is 2.67. The van der Waals surface area contributed by atoms with Gasteiger partial charge in [-0.25, -0.2) is 0 Å². The normalized spacial score (nSPS) is 12.6. The van der Waals surface area contributed by atoms with Crippen molar-refractivity contribution in [3.63, 3.8) is 0 Å². The fourth-order valence-electron chi connectivity index (χ4n) is 1.96. The summed E-state index contributed by atoms with van der Waals surface area (Å²) in [6, 6.07) is 6.88. The Kier molecular flexibility index (Phi) is 3.04.